The van der Waals surface area contributed by atoms with Crippen LogP contribution in [0.1, 0.15) is 23.7 Å². The summed E-state index contributed by atoms with van der Waals surface area (Å²) in [6.07, 6.45) is 1.83. The van der Waals surface area contributed by atoms with Crippen LogP contribution in [0.15, 0.2) is 42.5 Å². The Kier molecular flexibility index (Phi) is 3.38. The third-order valence-corrected chi connectivity index (χ3v) is 4.57. The predicted octanol–water partition coefficient (Wildman–Crippen LogP) is 4.95. The maximum Gasteiger partial charge on any atom is 0.228 e. The Morgan fingerprint density at radius 2 is 1.96 bits per heavy atom. The maximum atomic E-state index is 12.4. The van der Waals surface area contributed by atoms with Crippen LogP contribution in [-0.2, 0) is 6.42 Å². The summed E-state index contributed by atoms with van der Waals surface area (Å²) in [6.45, 7) is 2.30. The van der Waals surface area contributed by atoms with Crippen molar-refractivity contribution < 1.29 is 9.53 Å². The average Bonchev–Trinajstić information content (AvgIpc) is 2.72. The summed E-state index contributed by atoms with van der Waals surface area (Å²) in [7, 11) is 0. The van der Waals surface area contributed by atoms with E-state index in [1.54, 1.807) is 11.5 Å². The molecule has 2 heterocycles. The van der Waals surface area contributed by atoms with Gasteiger partial charge in [0.2, 0.25) is 5.91 Å². The molecule has 116 valence electrons. The molecule has 0 saturated heterocycles. The molecular weight excluding hydrogens is 310 g/mol. The van der Waals surface area contributed by atoms with Gasteiger partial charge in [0.1, 0.15) is 5.75 Å². The lowest BCUT2D eigenvalue weighted by molar-refractivity contribution is 0.0943. The number of halogens is 1. The summed E-state index contributed by atoms with van der Waals surface area (Å²) in [5.41, 5.74) is 4.06. The zero-order valence-electron chi connectivity index (χ0n) is 12.8. The van der Waals surface area contributed by atoms with Crippen molar-refractivity contribution in [2.24, 2.45) is 0 Å². The fraction of sp³-hybridized carbons (Fsp3) is 0.211. The van der Waals surface area contributed by atoms with Crippen molar-refractivity contribution in [3.05, 3.63) is 53.1 Å². The van der Waals surface area contributed by atoms with Gasteiger partial charge in [-0.25, -0.2) is 0 Å². The summed E-state index contributed by atoms with van der Waals surface area (Å²) < 4.78 is 7.68. The molecule has 0 radical (unpaired) electrons. The fourth-order valence-electron chi connectivity index (χ4n) is 3.42. The van der Waals surface area contributed by atoms with Gasteiger partial charge in [-0.3, -0.25) is 9.36 Å². The number of carbonyl (C=O) groups is 1. The van der Waals surface area contributed by atoms with Gasteiger partial charge in [0, 0.05) is 17.3 Å². The lowest BCUT2D eigenvalue weighted by Gasteiger charge is -2.10. The van der Waals surface area contributed by atoms with Crippen molar-refractivity contribution in [2.45, 2.75) is 19.8 Å². The highest BCUT2D eigenvalue weighted by atomic mass is 35.5. The van der Waals surface area contributed by atoms with Crippen LogP contribution in [-0.4, -0.2) is 17.1 Å². The van der Waals surface area contributed by atoms with Crippen molar-refractivity contribution >= 4 is 28.4 Å². The van der Waals surface area contributed by atoms with E-state index >= 15 is 0 Å². The van der Waals surface area contributed by atoms with E-state index < -0.39 is 0 Å². The van der Waals surface area contributed by atoms with Gasteiger partial charge >= 0.3 is 0 Å². The van der Waals surface area contributed by atoms with E-state index in [1.807, 2.05) is 42.5 Å². The lowest BCUT2D eigenvalue weighted by Crippen LogP contribution is -2.08. The van der Waals surface area contributed by atoms with Gasteiger partial charge in [-0.2, -0.15) is 0 Å². The molecule has 0 amide bonds. The van der Waals surface area contributed by atoms with E-state index in [4.69, 9.17) is 16.3 Å². The Balaban J connectivity index is 2.13. The molecule has 23 heavy (non-hydrogen) atoms. The van der Waals surface area contributed by atoms with Crippen molar-refractivity contribution in [1.82, 2.24) is 4.57 Å². The lowest BCUT2D eigenvalue weighted by atomic mass is 10.0. The molecule has 0 atom stereocenters. The third kappa shape index (κ3) is 2.23. The van der Waals surface area contributed by atoms with Crippen LogP contribution in [0.4, 0.5) is 0 Å². The normalized spacial score (nSPS) is 13.7. The summed E-state index contributed by atoms with van der Waals surface area (Å²) in [5, 5.41) is 1.75. The first kappa shape index (κ1) is 14.3. The van der Waals surface area contributed by atoms with E-state index in [9.17, 15) is 4.79 Å². The SMILES string of the molecule is CC(=O)n1c(-c2ccc(Cl)cc2)c2c3c(cccc31)OCCC2. The molecule has 1 aliphatic heterocycles. The molecule has 4 rings (SSSR count). The molecule has 2 aromatic carbocycles. The molecule has 0 bridgehead atoms. The van der Waals surface area contributed by atoms with Gasteiger partial charge in [0.25, 0.3) is 0 Å². The van der Waals surface area contributed by atoms with Gasteiger partial charge in [-0.05, 0) is 48.2 Å². The Hall–Kier alpha value is -2.26. The molecule has 1 aliphatic rings. The van der Waals surface area contributed by atoms with E-state index in [0.29, 0.717) is 11.6 Å². The second-order valence-electron chi connectivity index (χ2n) is 5.79. The Morgan fingerprint density at radius 3 is 2.70 bits per heavy atom. The van der Waals surface area contributed by atoms with E-state index in [0.717, 1.165) is 40.8 Å². The van der Waals surface area contributed by atoms with Gasteiger partial charge < -0.3 is 4.74 Å². The number of aryl methyl sites for hydroxylation is 1. The topological polar surface area (TPSA) is 31.2 Å². The Morgan fingerprint density at radius 1 is 1.17 bits per heavy atom. The third-order valence-electron chi connectivity index (χ3n) is 4.32. The molecule has 4 heteroatoms. The predicted molar refractivity (Wildman–Crippen MR) is 92.5 cm³/mol. The molecule has 0 aliphatic carbocycles. The second-order valence-corrected chi connectivity index (χ2v) is 6.23. The van der Waals surface area contributed by atoms with E-state index in [2.05, 4.69) is 0 Å². The van der Waals surface area contributed by atoms with E-state index in [-0.39, 0.29) is 5.91 Å². The maximum absolute atomic E-state index is 12.4. The highest BCUT2D eigenvalue weighted by Gasteiger charge is 2.24. The standard InChI is InChI=1S/C19H16ClNO2/c1-12(22)21-16-5-2-6-17-18(16)15(4-3-11-23-17)19(21)13-7-9-14(20)10-8-13/h2,5-10H,3-4,11H2,1H3. The number of hydrogen-bond acceptors (Lipinski definition) is 2. The van der Waals surface area contributed by atoms with Gasteiger partial charge in [0.05, 0.1) is 17.8 Å². The summed E-state index contributed by atoms with van der Waals surface area (Å²) >= 11 is 6.02. The molecule has 1 aromatic heterocycles. The number of rotatable bonds is 1. The molecule has 0 unspecified atom stereocenters. The van der Waals surface area contributed by atoms with Crippen molar-refractivity contribution in [2.75, 3.05) is 6.61 Å². The number of ether oxygens (including phenoxy) is 1. The van der Waals surface area contributed by atoms with E-state index in [1.165, 1.54) is 5.56 Å². The first-order valence-corrected chi connectivity index (χ1v) is 8.10. The van der Waals surface area contributed by atoms with Crippen LogP contribution in [0.5, 0.6) is 5.75 Å². The molecule has 3 nitrogen and oxygen atoms in total. The van der Waals surface area contributed by atoms with Gasteiger partial charge in [-0.1, -0.05) is 29.8 Å². The monoisotopic (exact) mass is 325 g/mol. The van der Waals surface area contributed by atoms with Crippen molar-refractivity contribution in [3.8, 4) is 17.0 Å². The fourth-order valence-corrected chi connectivity index (χ4v) is 3.54. The number of carbonyl (C=O) groups excluding carboxylic acids is 1. The van der Waals surface area contributed by atoms with Crippen LogP contribution < -0.4 is 4.74 Å². The molecule has 0 N–H and O–H groups in total. The first-order valence-electron chi connectivity index (χ1n) is 7.73. The highest BCUT2D eigenvalue weighted by molar-refractivity contribution is 6.30. The zero-order valence-corrected chi connectivity index (χ0v) is 13.6. The smallest absolute Gasteiger partial charge is 0.228 e. The highest BCUT2D eigenvalue weighted by Crippen LogP contribution is 2.41. The molecular formula is C19H16ClNO2. The molecule has 0 spiro atoms. The van der Waals surface area contributed by atoms with Gasteiger partial charge in [-0.15, -0.1) is 0 Å². The Bertz CT molecular complexity index is 909. The largest absolute Gasteiger partial charge is 0.493 e. The minimum absolute atomic E-state index is 0.00363. The average molecular weight is 326 g/mol. The number of aromatic nitrogens is 1. The second kappa shape index (κ2) is 5.43. The molecule has 3 aromatic rings. The van der Waals surface area contributed by atoms with Crippen LogP contribution in [0.3, 0.4) is 0 Å². The minimum Gasteiger partial charge on any atom is -0.493 e. The number of nitrogens with zero attached hydrogens (tertiary/aromatic N) is 1. The van der Waals surface area contributed by atoms with Crippen LogP contribution in [0.25, 0.3) is 22.2 Å². The van der Waals surface area contributed by atoms with Crippen molar-refractivity contribution in [1.29, 1.82) is 0 Å². The summed E-state index contributed by atoms with van der Waals surface area (Å²) in [5.74, 6) is 0.870. The number of benzene rings is 2. The molecule has 0 saturated carbocycles. The first-order chi connectivity index (χ1) is 11.2. The Labute approximate surface area is 139 Å². The van der Waals surface area contributed by atoms with Crippen LogP contribution >= 0.6 is 11.6 Å². The molecule has 0 fully saturated rings. The van der Waals surface area contributed by atoms with Gasteiger partial charge in [0.15, 0.2) is 0 Å². The summed E-state index contributed by atoms with van der Waals surface area (Å²) in [6, 6.07) is 13.6. The zero-order chi connectivity index (χ0) is 16.0. The quantitative estimate of drug-likeness (QED) is 0.634. The summed E-state index contributed by atoms with van der Waals surface area (Å²) in [4.78, 5) is 12.4. The van der Waals surface area contributed by atoms with Crippen LogP contribution in [0, 0.1) is 0 Å². The van der Waals surface area contributed by atoms with Crippen LogP contribution in [0.2, 0.25) is 5.02 Å². The number of hydrogen-bond donors (Lipinski definition) is 0. The van der Waals surface area contributed by atoms with Crippen molar-refractivity contribution in [3.63, 3.8) is 0 Å². The minimum atomic E-state index is 0.00363.